The molecule has 0 aliphatic heterocycles. The van der Waals surface area contributed by atoms with Gasteiger partial charge in [0.1, 0.15) is 11.6 Å². The second kappa shape index (κ2) is 14.0. The van der Waals surface area contributed by atoms with E-state index in [0.717, 1.165) is 17.4 Å². The highest BCUT2D eigenvalue weighted by Gasteiger charge is 2.33. The van der Waals surface area contributed by atoms with E-state index in [9.17, 15) is 18.0 Å². The number of hydrogen-bond donors (Lipinski definition) is 2. The van der Waals surface area contributed by atoms with Crippen molar-refractivity contribution < 1.29 is 32.6 Å². The van der Waals surface area contributed by atoms with Gasteiger partial charge in [-0.2, -0.15) is 13.2 Å². The topological polar surface area (TPSA) is 121 Å². The summed E-state index contributed by atoms with van der Waals surface area (Å²) in [7, 11) is 6.77. The number of fused-ring (bicyclic) bond motifs is 1. The predicted molar refractivity (Wildman–Crippen MR) is 162 cm³/mol. The first-order chi connectivity index (χ1) is 20.7. The van der Waals surface area contributed by atoms with Crippen LogP contribution in [-0.4, -0.2) is 65.6 Å². The van der Waals surface area contributed by atoms with Gasteiger partial charge in [0.15, 0.2) is 0 Å². The first kappa shape index (κ1) is 33.6. The Kier molecular flexibility index (Phi) is 10.7. The Morgan fingerprint density at radius 3 is 2.39 bits per heavy atom. The van der Waals surface area contributed by atoms with E-state index in [4.69, 9.17) is 14.6 Å². The summed E-state index contributed by atoms with van der Waals surface area (Å²) in [6.07, 6.45) is -2.64. The largest absolute Gasteiger partial charge is 0.483 e. The summed E-state index contributed by atoms with van der Waals surface area (Å²) in [5, 5.41) is 10.9. The SMILES string of the molecule is COc1ncc(N(C)c2ccc3nc(C)nc(N[C@H](C)c4cccc(C(F)(F)F)c4C)c3c2)cc1CC(=O)N(C)C.O=CO. The lowest BCUT2D eigenvalue weighted by Gasteiger charge is -2.23. The highest BCUT2D eigenvalue weighted by atomic mass is 19.4. The lowest BCUT2D eigenvalue weighted by atomic mass is 9.97. The van der Waals surface area contributed by atoms with Crippen molar-refractivity contribution in [2.75, 3.05) is 38.5 Å². The molecule has 2 aromatic carbocycles. The van der Waals surface area contributed by atoms with Crippen LogP contribution in [0.1, 0.15) is 41.0 Å². The molecule has 1 atom stereocenters. The van der Waals surface area contributed by atoms with Crippen molar-refractivity contribution in [2.24, 2.45) is 0 Å². The van der Waals surface area contributed by atoms with Crippen molar-refractivity contribution in [2.45, 2.75) is 39.4 Å². The van der Waals surface area contributed by atoms with Crippen LogP contribution >= 0.6 is 0 Å². The van der Waals surface area contributed by atoms with Gasteiger partial charge >= 0.3 is 6.18 Å². The van der Waals surface area contributed by atoms with Crippen LogP contribution in [-0.2, 0) is 22.2 Å². The summed E-state index contributed by atoms with van der Waals surface area (Å²) in [6, 6.07) is 11.3. The Bertz CT molecular complexity index is 1650. The Hall–Kier alpha value is -4.94. The molecular formula is C31H35F3N6O4. The molecule has 0 saturated heterocycles. The zero-order valence-corrected chi connectivity index (χ0v) is 25.5. The van der Waals surface area contributed by atoms with E-state index in [0.29, 0.717) is 39.6 Å². The van der Waals surface area contributed by atoms with Crippen molar-refractivity contribution in [3.63, 3.8) is 0 Å². The van der Waals surface area contributed by atoms with E-state index < -0.39 is 17.8 Å². The summed E-state index contributed by atoms with van der Waals surface area (Å²) in [5.41, 5.74) is 2.93. The summed E-state index contributed by atoms with van der Waals surface area (Å²) < 4.78 is 46.0. The second-order valence-corrected chi connectivity index (χ2v) is 10.2. The number of methoxy groups -OCH3 is 1. The molecule has 44 heavy (non-hydrogen) atoms. The third kappa shape index (κ3) is 7.71. The molecular weight excluding hydrogens is 577 g/mol. The molecule has 0 unspecified atom stereocenters. The van der Waals surface area contributed by atoms with E-state index >= 15 is 0 Å². The minimum atomic E-state index is -4.44. The molecule has 2 N–H and O–H groups in total. The lowest BCUT2D eigenvalue weighted by molar-refractivity contribution is -0.138. The molecule has 234 valence electrons. The number of carbonyl (C=O) groups is 2. The van der Waals surface area contributed by atoms with Crippen LogP contribution in [0.3, 0.4) is 0 Å². The maximum Gasteiger partial charge on any atom is 0.416 e. The maximum absolute atomic E-state index is 13.5. The van der Waals surface area contributed by atoms with Gasteiger partial charge in [0, 0.05) is 37.8 Å². The fraction of sp³-hybridized carbons (Fsp3) is 0.323. The molecule has 1 amide bonds. The normalized spacial score (nSPS) is 11.7. The molecule has 0 spiro atoms. The Labute approximate surface area is 253 Å². The molecule has 4 rings (SSSR count). The number of benzene rings is 2. The number of likely N-dealkylation sites (N-methyl/N-ethyl adjacent to an activating group) is 1. The van der Waals surface area contributed by atoms with Gasteiger partial charge in [-0.1, -0.05) is 12.1 Å². The Balaban J connectivity index is 0.00000169. The van der Waals surface area contributed by atoms with Gasteiger partial charge in [0.25, 0.3) is 6.47 Å². The maximum atomic E-state index is 13.5. The van der Waals surface area contributed by atoms with Crippen LogP contribution in [0, 0.1) is 13.8 Å². The van der Waals surface area contributed by atoms with Gasteiger partial charge in [-0.05, 0) is 62.2 Å². The number of anilines is 3. The summed E-state index contributed by atoms with van der Waals surface area (Å²) in [4.78, 5) is 37.7. The summed E-state index contributed by atoms with van der Waals surface area (Å²) in [5.74, 6) is 1.34. The van der Waals surface area contributed by atoms with Crippen LogP contribution in [0.2, 0.25) is 0 Å². The number of rotatable bonds is 8. The molecule has 0 radical (unpaired) electrons. The lowest BCUT2D eigenvalue weighted by Crippen LogP contribution is -2.24. The van der Waals surface area contributed by atoms with E-state index in [2.05, 4.69) is 20.3 Å². The fourth-order valence-corrected chi connectivity index (χ4v) is 4.71. The zero-order chi connectivity index (χ0) is 32.8. The quantitative estimate of drug-likeness (QED) is 0.233. The Morgan fingerprint density at radius 2 is 1.77 bits per heavy atom. The second-order valence-electron chi connectivity index (χ2n) is 10.2. The zero-order valence-electron chi connectivity index (χ0n) is 25.5. The highest BCUT2D eigenvalue weighted by molar-refractivity contribution is 5.92. The monoisotopic (exact) mass is 612 g/mol. The number of carboxylic acid groups (broad SMARTS) is 1. The van der Waals surface area contributed by atoms with Gasteiger partial charge in [0.05, 0.1) is 42.5 Å². The van der Waals surface area contributed by atoms with Crippen molar-refractivity contribution >= 4 is 40.5 Å². The van der Waals surface area contributed by atoms with Crippen molar-refractivity contribution in [3.8, 4) is 5.88 Å². The number of pyridine rings is 1. The number of hydrogen-bond acceptors (Lipinski definition) is 8. The minimum Gasteiger partial charge on any atom is -0.483 e. The number of nitrogens with one attached hydrogen (secondary N) is 1. The van der Waals surface area contributed by atoms with Gasteiger partial charge in [0.2, 0.25) is 11.8 Å². The third-order valence-electron chi connectivity index (χ3n) is 7.01. The standard InChI is InChI=1S/C30H33F3N6O2.CH2O2/c1-17-23(9-8-10-25(17)30(31,32)33)18(2)35-28-24-15-21(11-12-26(24)36-19(3)37-28)39(6)22-13-20(14-27(40)38(4)5)29(41-7)34-16-22;2-1-3/h8-13,15-16,18H,14H2,1-7H3,(H,35,36,37);1H,(H,2,3)/t18-;/m1./s1. The van der Waals surface area contributed by atoms with Crippen molar-refractivity contribution in [1.82, 2.24) is 19.9 Å². The molecule has 4 aromatic rings. The molecule has 0 saturated carbocycles. The van der Waals surface area contributed by atoms with Gasteiger partial charge in [-0.15, -0.1) is 0 Å². The molecule has 0 bridgehead atoms. The van der Waals surface area contributed by atoms with E-state index in [1.807, 2.05) is 36.2 Å². The molecule has 0 fully saturated rings. The number of amides is 1. The van der Waals surface area contributed by atoms with Crippen LogP contribution in [0.4, 0.5) is 30.4 Å². The van der Waals surface area contributed by atoms with Crippen LogP contribution in [0.5, 0.6) is 5.88 Å². The van der Waals surface area contributed by atoms with E-state index in [1.54, 1.807) is 40.2 Å². The number of nitrogens with zero attached hydrogens (tertiary/aromatic N) is 5. The number of aryl methyl sites for hydroxylation is 1. The number of alkyl halides is 3. The van der Waals surface area contributed by atoms with Crippen molar-refractivity contribution in [1.29, 1.82) is 0 Å². The third-order valence-corrected chi connectivity index (χ3v) is 7.01. The molecule has 2 heterocycles. The number of halogens is 3. The first-order valence-electron chi connectivity index (χ1n) is 13.5. The summed E-state index contributed by atoms with van der Waals surface area (Å²) in [6.45, 7) is 4.81. The fourth-order valence-electron chi connectivity index (χ4n) is 4.71. The average Bonchev–Trinajstić information content (AvgIpc) is 2.96. The number of ether oxygens (including phenoxy) is 1. The van der Waals surface area contributed by atoms with Crippen LogP contribution in [0.25, 0.3) is 10.9 Å². The van der Waals surface area contributed by atoms with Crippen LogP contribution < -0.4 is 15.0 Å². The highest BCUT2D eigenvalue weighted by Crippen LogP contribution is 2.36. The molecule has 10 nitrogen and oxygen atoms in total. The minimum absolute atomic E-state index is 0.0797. The van der Waals surface area contributed by atoms with Crippen molar-refractivity contribution in [3.05, 3.63) is 76.7 Å². The number of aromatic nitrogens is 3. The molecule has 13 heteroatoms. The smallest absolute Gasteiger partial charge is 0.416 e. The summed E-state index contributed by atoms with van der Waals surface area (Å²) >= 11 is 0. The van der Waals surface area contributed by atoms with Gasteiger partial charge in [-0.25, -0.2) is 15.0 Å². The predicted octanol–water partition coefficient (Wildman–Crippen LogP) is 5.94. The Morgan fingerprint density at radius 1 is 1.09 bits per heavy atom. The van der Waals surface area contributed by atoms with Gasteiger partial charge in [-0.3, -0.25) is 9.59 Å². The average molecular weight is 613 g/mol. The first-order valence-corrected chi connectivity index (χ1v) is 13.5. The van der Waals surface area contributed by atoms with Crippen LogP contribution in [0.15, 0.2) is 48.7 Å². The van der Waals surface area contributed by atoms with Gasteiger partial charge < -0.3 is 25.0 Å². The number of carbonyl (C=O) groups excluding carboxylic acids is 1. The van der Waals surface area contributed by atoms with E-state index in [1.165, 1.54) is 25.0 Å². The molecule has 0 aliphatic rings. The van der Waals surface area contributed by atoms with E-state index in [-0.39, 0.29) is 24.4 Å². The molecule has 2 aromatic heterocycles. The molecule has 0 aliphatic carbocycles.